The molecule has 0 fully saturated rings. The molecule has 0 aliphatic heterocycles. The van der Waals surface area contributed by atoms with Crippen LogP contribution in [-0.4, -0.2) is 18.5 Å². The molecule has 2 aromatic carbocycles. The molecule has 0 bridgehead atoms. The number of carbonyl (C=O) groups is 2. The molecule has 0 saturated heterocycles. The molecule has 1 amide bonds. The molecule has 5 nitrogen and oxygen atoms in total. The van der Waals surface area contributed by atoms with E-state index in [9.17, 15) is 9.59 Å². The number of hydrogen-bond acceptors (Lipinski definition) is 4. The second-order valence-corrected chi connectivity index (χ2v) is 5.83. The Morgan fingerprint density at radius 1 is 1.21 bits per heavy atom. The van der Waals surface area contributed by atoms with E-state index in [0.29, 0.717) is 5.69 Å². The number of carbonyl (C=O) groups excluding carboxylic acids is 2. The molecule has 126 valence electrons. The van der Waals surface area contributed by atoms with Crippen LogP contribution in [0.2, 0.25) is 10.0 Å². The van der Waals surface area contributed by atoms with Crippen molar-refractivity contribution in [3.05, 3.63) is 57.6 Å². The third kappa shape index (κ3) is 4.40. The normalized spacial score (nSPS) is 10.3. The second kappa shape index (κ2) is 8.04. The Balaban J connectivity index is 2.00. The number of para-hydroxylation sites is 1. The highest BCUT2D eigenvalue weighted by Gasteiger charge is 2.17. The molecule has 0 aliphatic rings. The van der Waals surface area contributed by atoms with Gasteiger partial charge in [0.2, 0.25) is 0 Å². The second-order valence-electron chi connectivity index (χ2n) is 4.98. The van der Waals surface area contributed by atoms with Gasteiger partial charge in [0.25, 0.3) is 5.91 Å². The minimum atomic E-state index is -0.768. The zero-order valence-corrected chi connectivity index (χ0v) is 14.4. The average molecular weight is 367 g/mol. The lowest BCUT2D eigenvalue weighted by molar-refractivity contribution is -0.119. The van der Waals surface area contributed by atoms with Crippen molar-refractivity contribution in [2.75, 3.05) is 17.7 Å². The summed E-state index contributed by atoms with van der Waals surface area (Å²) in [7, 11) is 0. The Morgan fingerprint density at radius 3 is 2.62 bits per heavy atom. The molecular weight excluding hydrogens is 351 g/mol. The van der Waals surface area contributed by atoms with Gasteiger partial charge >= 0.3 is 5.97 Å². The number of nitrogens with two attached hydrogens (primary N) is 1. The maximum absolute atomic E-state index is 12.1. The highest BCUT2D eigenvalue weighted by atomic mass is 35.5. The molecule has 0 saturated carbocycles. The van der Waals surface area contributed by atoms with Crippen molar-refractivity contribution in [1.82, 2.24) is 0 Å². The number of rotatable bonds is 5. The SMILES string of the molecule is CCc1ccccc1NC(=O)COC(=O)c1cc(Cl)cc(Cl)c1N. The fourth-order valence-corrected chi connectivity index (χ4v) is 2.59. The number of nitrogen functional groups attached to an aromatic ring is 1. The number of aryl methyl sites for hydroxylation is 1. The first-order valence-electron chi connectivity index (χ1n) is 7.21. The van der Waals surface area contributed by atoms with E-state index in [2.05, 4.69) is 5.32 Å². The first-order valence-corrected chi connectivity index (χ1v) is 7.97. The van der Waals surface area contributed by atoms with E-state index in [-0.39, 0.29) is 21.3 Å². The molecule has 0 heterocycles. The zero-order valence-electron chi connectivity index (χ0n) is 12.9. The van der Waals surface area contributed by atoms with Gasteiger partial charge in [0.05, 0.1) is 16.3 Å². The lowest BCUT2D eigenvalue weighted by Gasteiger charge is -2.11. The fourth-order valence-electron chi connectivity index (χ4n) is 2.10. The highest BCUT2D eigenvalue weighted by molar-refractivity contribution is 6.37. The summed E-state index contributed by atoms with van der Waals surface area (Å²) >= 11 is 11.7. The predicted octanol–water partition coefficient (Wildman–Crippen LogP) is 3.93. The number of benzene rings is 2. The molecule has 2 aromatic rings. The van der Waals surface area contributed by atoms with Gasteiger partial charge in [-0.3, -0.25) is 4.79 Å². The van der Waals surface area contributed by atoms with Crippen molar-refractivity contribution >= 4 is 46.5 Å². The Labute approximate surface area is 149 Å². The van der Waals surface area contributed by atoms with E-state index in [4.69, 9.17) is 33.7 Å². The third-order valence-electron chi connectivity index (χ3n) is 3.32. The minimum absolute atomic E-state index is 0.0225. The maximum Gasteiger partial charge on any atom is 0.340 e. The monoisotopic (exact) mass is 366 g/mol. The smallest absolute Gasteiger partial charge is 0.340 e. The largest absolute Gasteiger partial charge is 0.452 e. The van der Waals surface area contributed by atoms with Crippen LogP contribution in [0.5, 0.6) is 0 Å². The van der Waals surface area contributed by atoms with E-state index in [1.807, 2.05) is 25.1 Å². The van der Waals surface area contributed by atoms with Gasteiger partial charge in [-0.2, -0.15) is 0 Å². The fraction of sp³-hybridized carbons (Fsp3) is 0.176. The Hall–Kier alpha value is -2.24. The van der Waals surface area contributed by atoms with Crippen LogP contribution in [0.3, 0.4) is 0 Å². The van der Waals surface area contributed by atoms with E-state index in [1.54, 1.807) is 6.07 Å². The van der Waals surface area contributed by atoms with Crippen LogP contribution in [0.1, 0.15) is 22.8 Å². The van der Waals surface area contributed by atoms with Crippen molar-refractivity contribution in [3.8, 4) is 0 Å². The van der Waals surface area contributed by atoms with Crippen LogP contribution in [0.25, 0.3) is 0 Å². The number of esters is 1. The summed E-state index contributed by atoms with van der Waals surface area (Å²) in [5.41, 5.74) is 7.48. The molecule has 7 heteroatoms. The van der Waals surface area contributed by atoms with Crippen LogP contribution in [-0.2, 0) is 16.0 Å². The molecule has 0 radical (unpaired) electrons. The number of anilines is 2. The van der Waals surface area contributed by atoms with Crippen molar-refractivity contribution in [2.24, 2.45) is 0 Å². The van der Waals surface area contributed by atoms with Gasteiger partial charge in [-0.05, 0) is 30.2 Å². The minimum Gasteiger partial charge on any atom is -0.452 e. The number of halogens is 2. The third-order valence-corrected chi connectivity index (χ3v) is 3.85. The van der Waals surface area contributed by atoms with Gasteiger partial charge in [0.1, 0.15) is 0 Å². The van der Waals surface area contributed by atoms with Crippen LogP contribution < -0.4 is 11.1 Å². The molecule has 3 N–H and O–H groups in total. The lowest BCUT2D eigenvalue weighted by Crippen LogP contribution is -2.22. The number of nitrogens with one attached hydrogen (secondary N) is 1. The van der Waals surface area contributed by atoms with Crippen molar-refractivity contribution < 1.29 is 14.3 Å². The summed E-state index contributed by atoms with van der Waals surface area (Å²) in [6, 6.07) is 10.2. The Morgan fingerprint density at radius 2 is 1.92 bits per heavy atom. The standard InChI is InChI=1S/C17H16Cl2N2O3/c1-2-10-5-3-4-6-14(10)21-15(22)9-24-17(23)12-7-11(18)8-13(19)16(12)20/h3-8H,2,9,20H2,1H3,(H,21,22). The Bertz CT molecular complexity index is 778. The first-order chi connectivity index (χ1) is 11.4. The van der Waals surface area contributed by atoms with E-state index in [0.717, 1.165) is 12.0 Å². The van der Waals surface area contributed by atoms with Gasteiger partial charge in [0, 0.05) is 10.7 Å². The Kier molecular flexibility index (Phi) is 6.06. The van der Waals surface area contributed by atoms with Crippen LogP contribution in [0.15, 0.2) is 36.4 Å². The first kappa shape index (κ1) is 18.1. The molecule has 0 aliphatic carbocycles. The van der Waals surface area contributed by atoms with Gasteiger partial charge in [-0.25, -0.2) is 4.79 Å². The molecule has 0 unspecified atom stereocenters. The molecule has 2 rings (SSSR count). The van der Waals surface area contributed by atoms with Crippen LogP contribution in [0.4, 0.5) is 11.4 Å². The summed E-state index contributed by atoms with van der Waals surface area (Å²) in [4.78, 5) is 24.0. The van der Waals surface area contributed by atoms with E-state index < -0.39 is 18.5 Å². The van der Waals surface area contributed by atoms with E-state index in [1.165, 1.54) is 12.1 Å². The molecular formula is C17H16Cl2N2O3. The summed E-state index contributed by atoms with van der Waals surface area (Å²) in [6.07, 6.45) is 0.772. The lowest BCUT2D eigenvalue weighted by atomic mass is 10.1. The number of amides is 1. The molecule has 0 atom stereocenters. The summed E-state index contributed by atoms with van der Waals surface area (Å²) < 4.78 is 4.98. The zero-order chi connectivity index (χ0) is 17.7. The van der Waals surface area contributed by atoms with Crippen LogP contribution in [0, 0.1) is 0 Å². The predicted molar refractivity (Wildman–Crippen MR) is 95.6 cm³/mol. The summed E-state index contributed by atoms with van der Waals surface area (Å²) in [6.45, 7) is 1.54. The molecule has 0 aromatic heterocycles. The van der Waals surface area contributed by atoms with Gasteiger partial charge < -0.3 is 15.8 Å². The summed E-state index contributed by atoms with van der Waals surface area (Å²) in [5, 5.41) is 3.11. The van der Waals surface area contributed by atoms with Crippen LogP contribution >= 0.6 is 23.2 Å². The van der Waals surface area contributed by atoms with E-state index >= 15 is 0 Å². The van der Waals surface area contributed by atoms with Crippen molar-refractivity contribution in [2.45, 2.75) is 13.3 Å². The quantitative estimate of drug-likeness (QED) is 0.620. The number of hydrogen-bond donors (Lipinski definition) is 2. The molecule has 0 spiro atoms. The van der Waals surface area contributed by atoms with Gasteiger partial charge in [-0.1, -0.05) is 48.3 Å². The number of ether oxygens (including phenoxy) is 1. The maximum atomic E-state index is 12.1. The van der Waals surface area contributed by atoms with Crippen molar-refractivity contribution in [1.29, 1.82) is 0 Å². The summed E-state index contributed by atoms with van der Waals surface area (Å²) in [5.74, 6) is -1.22. The highest BCUT2D eigenvalue weighted by Crippen LogP contribution is 2.28. The topological polar surface area (TPSA) is 81.4 Å². The van der Waals surface area contributed by atoms with Gasteiger partial charge in [-0.15, -0.1) is 0 Å². The van der Waals surface area contributed by atoms with Crippen molar-refractivity contribution in [3.63, 3.8) is 0 Å². The molecule has 24 heavy (non-hydrogen) atoms. The van der Waals surface area contributed by atoms with Gasteiger partial charge in [0.15, 0.2) is 6.61 Å². The average Bonchev–Trinajstić information content (AvgIpc) is 2.56.